The molecule has 254 valence electrons. The molecule has 45 heavy (non-hydrogen) atoms. The van der Waals surface area contributed by atoms with Gasteiger partial charge in [0.2, 0.25) is 0 Å². The molecule has 0 radical (unpaired) electrons. The molecule has 0 heteroatoms. The van der Waals surface area contributed by atoms with Gasteiger partial charge in [-0.2, -0.15) is 0 Å². The van der Waals surface area contributed by atoms with E-state index in [4.69, 9.17) is 0 Å². The van der Waals surface area contributed by atoms with Crippen molar-refractivity contribution in [1.29, 1.82) is 0 Å². The first-order chi connectivity index (χ1) is 21.5. The van der Waals surface area contributed by atoms with E-state index in [1.807, 2.05) is 55.4 Å². The zero-order valence-electron chi connectivity index (χ0n) is 31.9. The molecule has 6 rings (SSSR count). The Bertz CT molecular complexity index is 1250. The standard InChI is InChI=1S/C27H22.3C3H8.4C2H6.CH4/c1-17-18(2)27(23-14-5-3-11-20(17)23)24-15-6-4-12-21(24)22-13-7-9-19-10-8-16-25(27)26(19)22;3*1-3-2;4*1-2;/h3-18H,1-2H3;3*3H2,1-2H3;4*1-2H3;1H4/t17-,18+,27?;;;;;;;;/m0......../s1. The predicted molar refractivity (Wildman–Crippen MR) is 213 cm³/mol. The average molecular weight is 615 g/mol. The highest BCUT2D eigenvalue weighted by molar-refractivity contribution is 6.04. The highest BCUT2D eigenvalue weighted by Gasteiger charge is 2.53. The third-order valence-electron chi connectivity index (χ3n) is 7.28. The van der Waals surface area contributed by atoms with Crippen molar-refractivity contribution >= 4 is 10.8 Å². The summed E-state index contributed by atoms with van der Waals surface area (Å²) in [5, 5.41) is 2.79. The summed E-state index contributed by atoms with van der Waals surface area (Å²) in [5.41, 5.74) is 8.68. The largest absolute Gasteiger partial charge is 0.0776 e. The number of hydrogen-bond donors (Lipinski definition) is 0. The molecular weight excluding hydrogens is 540 g/mol. The first kappa shape index (κ1) is 46.6. The summed E-state index contributed by atoms with van der Waals surface area (Å²) < 4.78 is 0. The van der Waals surface area contributed by atoms with E-state index in [1.165, 1.54) is 63.4 Å². The van der Waals surface area contributed by atoms with Crippen molar-refractivity contribution in [1.82, 2.24) is 0 Å². The van der Waals surface area contributed by atoms with E-state index in [1.54, 1.807) is 0 Å². The summed E-state index contributed by atoms with van der Waals surface area (Å²) in [6, 6.07) is 31.9. The van der Waals surface area contributed by atoms with Crippen molar-refractivity contribution in [3.63, 3.8) is 0 Å². The summed E-state index contributed by atoms with van der Waals surface area (Å²) >= 11 is 0. The van der Waals surface area contributed by atoms with Gasteiger partial charge >= 0.3 is 0 Å². The van der Waals surface area contributed by atoms with Crippen molar-refractivity contribution in [3.05, 3.63) is 107 Å². The van der Waals surface area contributed by atoms with Gasteiger partial charge < -0.3 is 0 Å². The second kappa shape index (κ2) is 26.4. The van der Waals surface area contributed by atoms with Crippen LogP contribution in [0.25, 0.3) is 21.9 Å². The Labute approximate surface area is 283 Å². The van der Waals surface area contributed by atoms with E-state index < -0.39 is 0 Å². The number of hydrogen-bond acceptors (Lipinski definition) is 0. The smallest absolute Gasteiger partial charge is 0.0497 e. The van der Waals surface area contributed by atoms with Gasteiger partial charge in [0.1, 0.15) is 0 Å². The van der Waals surface area contributed by atoms with Gasteiger partial charge in [-0.1, -0.05) is 222 Å². The zero-order valence-corrected chi connectivity index (χ0v) is 31.9. The van der Waals surface area contributed by atoms with Gasteiger partial charge in [0.15, 0.2) is 0 Å². The zero-order chi connectivity index (χ0) is 34.3. The minimum absolute atomic E-state index is 0. The Kier molecular flexibility index (Phi) is 27.3. The van der Waals surface area contributed by atoms with Crippen LogP contribution in [0.4, 0.5) is 0 Å². The minimum Gasteiger partial charge on any atom is -0.0776 e. The summed E-state index contributed by atoms with van der Waals surface area (Å²) in [4.78, 5) is 0. The Balaban J connectivity index is -0.000000846. The van der Waals surface area contributed by atoms with E-state index in [2.05, 4.69) is 140 Å². The fourth-order valence-corrected chi connectivity index (χ4v) is 6.02. The molecule has 0 bridgehead atoms. The molecule has 0 N–H and O–H groups in total. The molecule has 0 nitrogen and oxygen atoms in total. The molecule has 2 aliphatic rings. The van der Waals surface area contributed by atoms with Gasteiger partial charge in [0.25, 0.3) is 0 Å². The molecule has 2 aliphatic carbocycles. The van der Waals surface area contributed by atoms with Crippen LogP contribution in [0.1, 0.15) is 166 Å². The summed E-state index contributed by atoms with van der Waals surface area (Å²) in [6.07, 6.45) is 3.75. The molecule has 3 atom stereocenters. The molecule has 0 aromatic heterocycles. The monoisotopic (exact) mass is 615 g/mol. The fourth-order valence-electron chi connectivity index (χ4n) is 6.02. The van der Waals surface area contributed by atoms with Crippen molar-refractivity contribution in [3.8, 4) is 11.1 Å². The Hall–Kier alpha value is -2.86. The molecule has 1 spiro atoms. The molecular formula is C45H74. The quantitative estimate of drug-likeness (QED) is 0.185. The topological polar surface area (TPSA) is 0 Å². The lowest BCUT2D eigenvalue weighted by Crippen LogP contribution is -2.36. The molecule has 0 aliphatic heterocycles. The highest BCUT2D eigenvalue weighted by atomic mass is 14.5. The van der Waals surface area contributed by atoms with Gasteiger partial charge in [-0.25, -0.2) is 0 Å². The number of benzene rings is 4. The maximum absolute atomic E-state index is 2.45. The lowest BCUT2D eigenvalue weighted by atomic mass is 9.59. The van der Waals surface area contributed by atoms with Crippen molar-refractivity contribution in [2.75, 3.05) is 0 Å². The van der Waals surface area contributed by atoms with Crippen LogP contribution in [0.5, 0.6) is 0 Å². The van der Waals surface area contributed by atoms with Crippen LogP contribution < -0.4 is 0 Å². The van der Waals surface area contributed by atoms with Crippen LogP contribution in [-0.4, -0.2) is 0 Å². The lowest BCUT2D eigenvalue weighted by molar-refractivity contribution is 0.396. The molecule has 1 unspecified atom stereocenters. The van der Waals surface area contributed by atoms with E-state index >= 15 is 0 Å². The van der Waals surface area contributed by atoms with Gasteiger partial charge in [0, 0.05) is 5.41 Å². The molecule has 0 fully saturated rings. The van der Waals surface area contributed by atoms with Crippen LogP contribution in [0.2, 0.25) is 0 Å². The predicted octanol–water partition coefficient (Wildman–Crippen LogP) is 15.9. The third kappa shape index (κ3) is 10.1. The fraction of sp³-hybridized carbons (Fsp3) is 0.511. The third-order valence-corrected chi connectivity index (χ3v) is 7.28. The number of rotatable bonds is 0. The second-order valence-corrected chi connectivity index (χ2v) is 10.3. The van der Waals surface area contributed by atoms with Crippen LogP contribution in [0, 0.1) is 5.92 Å². The molecule has 0 saturated carbocycles. The van der Waals surface area contributed by atoms with Crippen molar-refractivity contribution in [2.24, 2.45) is 5.92 Å². The maximum Gasteiger partial charge on any atom is 0.0497 e. The van der Waals surface area contributed by atoms with Crippen LogP contribution >= 0.6 is 0 Å². The van der Waals surface area contributed by atoms with Crippen LogP contribution in [-0.2, 0) is 5.41 Å². The highest BCUT2D eigenvalue weighted by Crippen LogP contribution is 2.62. The maximum atomic E-state index is 2.45. The van der Waals surface area contributed by atoms with Gasteiger partial charge in [-0.3, -0.25) is 0 Å². The molecule has 4 aromatic carbocycles. The molecule has 0 heterocycles. The first-order valence-electron chi connectivity index (χ1n) is 18.2. The summed E-state index contributed by atoms with van der Waals surface area (Å²) in [5.74, 6) is 1.05. The van der Waals surface area contributed by atoms with E-state index in [0.717, 1.165) is 0 Å². The molecule has 0 saturated heterocycles. The van der Waals surface area contributed by atoms with Gasteiger partial charge in [-0.05, 0) is 56.0 Å². The Morgan fingerprint density at radius 3 is 1.36 bits per heavy atom. The van der Waals surface area contributed by atoms with E-state index in [0.29, 0.717) is 11.8 Å². The SMILES string of the molecule is C.CC.CC.CC.CC.CCC.CCC.CCC.C[C@@H]1c2ccccc2C2(c3ccccc3-c3cccc4cccc2c34)[C@@H]1C. The minimum atomic E-state index is -0.0690. The summed E-state index contributed by atoms with van der Waals surface area (Å²) in [7, 11) is 0. The van der Waals surface area contributed by atoms with Crippen molar-refractivity contribution < 1.29 is 0 Å². The lowest BCUT2D eigenvalue weighted by Gasteiger charge is -2.43. The average Bonchev–Trinajstić information content (AvgIpc) is 3.31. The van der Waals surface area contributed by atoms with Gasteiger partial charge in [-0.15, -0.1) is 0 Å². The second-order valence-electron chi connectivity index (χ2n) is 10.3. The van der Waals surface area contributed by atoms with Crippen LogP contribution in [0.15, 0.2) is 84.9 Å². The summed E-state index contributed by atoms with van der Waals surface area (Å²) in [6.45, 7) is 33.6. The van der Waals surface area contributed by atoms with Crippen LogP contribution in [0.3, 0.4) is 0 Å². The Morgan fingerprint density at radius 1 is 0.467 bits per heavy atom. The normalized spacial score (nSPS) is 16.6. The molecule has 4 aromatic rings. The van der Waals surface area contributed by atoms with E-state index in [9.17, 15) is 0 Å². The first-order valence-corrected chi connectivity index (χ1v) is 18.2. The molecule has 0 amide bonds. The van der Waals surface area contributed by atoms with Crippen molar-refractivity contribution in [2.45, 2.75) is 149 Å². The number of fused-ring (bicyclic) bond motifs is 6. The Morgan fingerprint density at radius 2 is 0.844 bits per heavy atom. The van der Waals surface area contributed by atoms with E-state index in [-0.39, 0.29) is 12.8 Å². The van der Waals surface area contributed by atoms with Gasteiger partial charge in [0.05, 0.1) is 0 Å².